The monoisotopic (exact) mass is 363 g/mol. The summed E-state index contributed by atoms with van der Waals surface area (Å²) >= 11 is 0. The second-order valence-electron chi connectivity index (χ2n) is 9.06. The third-order valence-electron chi connectivity index (χ3n) is 6.76. The topological polar surface area (TPSA) is 66.9 Å². The molecule has 0 aromatic carbocycles. The van der Waals surface area contributed by atoms with E-state index in [4.69, 9.17) is 4.74 Å². The van der Waals surface area contributed by atoms with Crippen molar-refractivity contribution in [3.05, 3.63) is 29.4 Å². The summed E-state index contributed by atoms with van der Waals surface area (Å²) in [5, 5.41) is 7.80. The van der Waals surface area contributed by atoms with Crippen molar-refractivity contribution in [1.82, 2.24) is 20.2 Å². The normalized spacial score (nSPS) is 23.9. The van der Waals surface area contributed by atoms with Crippen LogP contribution in [0.2, 0.25) is 0 Å². The lowest BCUT2D eigenvalue weighted by Crippen LogP contribution is -2.21. The first-order valence-electron chi connectivity index (χ1n) is 10.2. The summed E-state index contributed by atoms with van der Waals surface area (Å²) in [4.78, 5) is 11.5. The van der Waals surface area contributed by atoms with Crippen molar-refractivity contribution in [1.29, 1.82) is 0 Å². The highest BCUT2D eigenvalue weighted by Gasteiger charge is 2.48. The van der Waals surface area contributed by atoms with Gasteiger partial charge >= 0.3 is 0 Å². The molecule has 3 heterocycles. The number of aromatic amines is 1. The molecule has 0 amide bonds. The van der Waals surface area contributed by atoms with Crippen LogP contribution in [0.15, 0.2) is 18.2 Å². The van der Waals surface area contributed by atoms with Gasteiger partial charge in [-0.05, 0) is 56.9 Å². The zero-order valence-corrected chi connectivity index (χ0v) is 15.8. The number of anilines is 1. The highest BCUT2D eigenvalue weighted by atomic mass is 16.5. The van der Waals surface area contributed by atoms with E-state index in [0.29, 0.717) is 5.41 Å². The smallest absolute Gasteiger partial charge is 0.132 e. The van der Waals surface area contributed by atoms with Crippen molar-refractivity contribution in [3.63, 3.8) is 0 Å². The van der Waals surface area contributed by atoms with Crippen molar-refractivity contribution < 1.29 is 4.74 Å². The van der Waals surface area contributed by atoms with Gasteiger partial charge in [-0.15, -0.1) is 0 Å². The van der Waals surface area contributed by atoms with E-state index in [9.17, 15) is 0 Å². The van der Waals surface area contributed by atoms with Crippen molar-refractivity contribution in [3.8, 4) is 11.4 Å². The number of H-pyrrole nitrogens is 1. The van der Waals surface area contributed by atoms with Crippen LogP contribution in [0.3, 0.4) is 0 Å². The highest BCUT2D eigenvalue weighted by Crippen LogP contribution is 2.53. The summed E-state index contributed by atoms with van der Waals surface area (Å²) in [5.74, 6) is 2.11. The van der Waals surface area contributed by atoms with Gasteiger partial charge in [-0.2, -0.15) is 5.10 Å². The van der Waals surface area contributed by atoms with Crippen LogP contribution in [0.4, 0.5) is 5.82 Å². The van der Waals surface area contributed by atoms with Gasteiger partial charge in [0.25, 0.3) is 0 Å². The number of rotatable bonds is 4. The molecular weight excluding hydrogens is 338 g/mol. The molecule has 27 heavy (non-hydrogen) atoms. The molecule has 4 aliphatic rings. The number of ether oxygens (including phenoxy) is 1. The third kappa shape index (κ3) is 2.73. The molecule has 2 saturated carbocycles. The second kappa shape index (κ2) is 5.33. The first-order valence-corrected chi connectivity index (χ1v) is 10.2. The van der Waals surface area contributed by atoms with E-state index in [2.05, 4.69) is 44.1 Å². The lowest BCUT2D eigenvalue weighted by molar-refractivity contribution is 0.105. The Morgan fingerprint density at radius 1 is 1.11 bits per heavy atom. The van der Waals surface area contributed by atoms with Gasteiger partial charge in [0.2, 0.25) is 0 Å². The Kier molecular flexibility index (Phi) is 3.09. The van der Waals surface area contributed by atoms with Crippen molar-refractivity contribution >= 4 is 11.9 Å². The summed E-state index contributed by atoms with van der Waals surface area (Å²) in [7, 11) is 0. The zero-order chi connectivity index (χ0) is 18.1. The van der Waals surface area contributed by atoms with E-state index >= 15 is 0 Å². The molecule has 2 aromatic heterocycles. The van der Waals surface area contributed by atoms with Gasteiger partial charge in [-0.3, -0.25) is 5.10 Å². The minimum atomic E-state index is 0.0594. The zero-order valence-electron chi connectivity index (χ0n) is 15.8. The fraction of sp³-hybridized carbons (Fsp3) is 0.571. The Morgan fingerprint density at radius 3 is 2.78 bits per heavy atom. The number of aromatic nitrogens is 4. The molecular formula is C21H25N5O. The van der Waals surface area contributed by atoms with Crippen molar-refractivity contribution in [2.45, 2.75) is 57.5 Å². The summed E-state index contributed by atoms with van der Waals surface area (Å²) in [6.07, 6.45) is 12.1. The van der Waals surface area contributed by atoms with Crippen molar-refractivity contribution in [2.75, 3.05) is 18.0 Å². The molecule has 1 spiro atoms. The van der Waals surface area contributed by atoms with Crippen molar-refractivity contribution in [2.24, 2.45) is 5.41 Å². The molecule has 2 aromatic rings. The van der Waals surface area contributed by atoms with Crippen LogP contribution in [-0.4, -0.2) is 38.9 Å². The minimum absolute atomic E-state index is 0.0594. The predicted octanol–water partition coefficient (Wildman–Crippen LogP) is 3.71. The SMILES string of the molecule is CC1(OC2=Cc3c(-c4cc(N5CCC6(CC6)C5)ncn4)n[nH]c3CC2)CC1. The first-order chi connectivity index (χ1) is 13.1. The van der Waals surface area contributed by atoms with Crippen LogP contribution in [-0.2, 0) is 11.2 Å². The molecule has 6 rings (SSSR count). The van der Waals surface area contributed by atoms with Gasteiger partial charge in [0.15, 0.2) is 0 Å². The van der Waals surface area contributed by atoms with Crippen LogP contribution in [0.5, 0.6) is 0 Å². The molecule has 1 saturated heterocycles. The Balaban J connectivity index is 1.31. The van der Waals surface area contributed by atoms with E-state index in [-0.39, 0.29) is 5.60 Å². The van der Waals surface area contributed by atoms with Crippen LogP contribution >= 0.6 is 0 Å². The number of nitrogens with zero attached hydrogens (tertiary/aromatic N) is 4. The summed E-state index contributed by atoms with van der Waals surface area (Å²) < 4.78 is 6.22. The number of fused-ring (bicyclic) bond motifs is 1. The predicted molar refractivity (Wildman–Crippen MR) is 103 cm³/mol. The molecule has 1 aliphatic heterocycles. The van der Waals surface area contributed by atoms with Gasteiger partial charge < -0.3 is 9.64 Å². The summed E-state index contributed by atoms with van der Waals surface area (Å²) in [6.45, 7) is 4.43. The van der Waals surface area contributed by atoms with E-state index in [1.54, 1.807) is 6.33 Å². The maximum absolute atomic E-state index is 6.22. The van der Waals surface area contributed by atoms with E-state index in [1.165, 1.54) is 25.0 Å². The van der Waals surface area contributed by atoms with Gasteiger partial charge in [0.1, 0.15) is 23.4 Å². The number of allylic oxidation sites excluding steroid dienone is 1. The van der Waals surface area contributed by atoms with Crippen LogP contribution in [0.25, 0.3) is 17.5 Å². The standard InChI is InChI=1S/C21H25N5O/c1-20(4-5-20)27-14-2-3-16-15(10-14)19(25-24-16)17-11-18(23-13-22-17)26-9-8-21(12-26)6-7-21/h10-11,13H,2-9,12H2,1H3,(H,24,25). The number of hydrogen-bond acceptors (Lipinski definition) is 5. The molecule has 1 N–H and O–H groups in total. The summed E-state index contributed by atoms with van der Waals surface area (Å²) in [6, 6.07) is 2.10. The number of hydrogen-bond donors (Lipinski definition) is 1. The molecule has 0 radical (unpaired) electrons. The fourth-order valence-electron chi connectivity index (χ4n) is 4.45. The Hall–Kier alpha value is -2.37. The Bertz CT molecular complexity index is 938. The maximum Gasteiger partial charge on any atom is 0.132 e. The highest BCUT2D eigenvalue weighted by molar-refractivity contribution is 5.74. The van der Waals surface area contributed by atoms with Gasteiger partial charge in [-0.1, -0.05) is 0 Å². The minimum Gasteiger partial charge on any atom is -0.492 e. The average molecular weight is 363 g/mol. The van der Waals surface area contributed by atoms with Gasteiger partial charge in [-0.25, -0.2) is 9.97 Å². The summed E-state index contributed by atoms with van der Waals surface area (Å²) in [5.41, 5.74) is 4.76. The first kappa shape index (κ1) is 15.7. The maximum atomic E-state index is 6.22. The molecule has 3 aliphatic carbocycles. The molecule has 0 atom stereocenters. The van der Waals surface area contributed by atoms with E-state index in [1.807, 2.05) is 0 Å². The fourth-order valence-corrected chi connectivity index (χ4v) is 4.45. The van der Waals surface area contributed by atoms with Crippen LogP contribution in [0.1, 0.15) is 56.7 Å². The Morgan fingerprint density at radius 2 is 2.00 bits per heavy atom. The lowest BCUT2D eigenvalue weighted by atomic mass is 10.00. The molecule has 140 valence electrons. The second-order valence-corrected chi connectivity index (χ2v) is 9.06. The molecule has 3 fully saturated rings. The lowest BCUT2D eigenvalue weighted by Gasteiger charge is -2.19. The van der Waals surface area contributed by atoms with E-state index < -0.39 is 0 Å². The Labute approximate surface area is 159 Å². The average Bonchev–Trinajstić information content (AvgIpc) is 3.48. The molecule has 0 unspecified atom stereocenters. The largest absolute Gasteiger partial charge is 0.492 e. The van der Waals surface area contributed by atoms with Gasteiger partial charge in [0, 0.05) is 36.8 Å². The van der Waals surface area contributed by atoms with Crippen LogP contribution < -0.4 is 4.90 Å². The molecule has 6 nitrogen and oxygen atoms in total. The number of aryl methyl sites for hydroxylation is 1. The molecule has 6 heteroatoms. The quantitative estimate of drug-likeness (QED) is 0.897. The number of nitrogens with one attached hydrogen (secondary N) is 1. The third-order valence-corrected chi connectivity index (χ3v) is 6.76. The van der Waals surface area contributed by atoms with E-state index in [0.717, 1.165) is 67.3 Å². The van der Waals surface area contributed by atoms with Gasteiger partial charge in [0.05, 0.1) is 11.5 Å². The molecule has 0 bridgehead atoms. The van der Waals surface area contributed by atoms with Crippen LogP contribution in [0, 0.1) is 5.41 Å².